The number of amides is 1. The molecule has 0 atom stereocenters. The maximum Gasteiger partial charge on any atom is 0.248 e. The maximum atomic E-state index is 13.5. The molecule has 24 heavy (non-hydrogen) atoms. The number of carbonyl (C=O) groups excluding carboxylic acids is 1. The topological polar surface area (TPSA) is 47.6 Å². The van der Waals surface area contributed by atoms with Crippen LogP contribution in [0.15, 0.2) is 42.5 Å². The molecule has 0 bridgehead atoms. The van der Waals surface area contributed by atoms with Crippen molar-refractivity contribution in [2.45, 2.75) is 6.92 Å². The monoisotopic (exact) mass is 333 g/mol. The lowest BCUT2D eigenvalue weighted by molar-refractivity contribution is -0.111. The first kappa shape index (κ1) is 17.5. The Kier molecular flexibility index (Phi) is 5.89. The van der Waals surface area contributed by atoms with Crippen molar-refractivity contribution >= 4 is 17.7 Å². The summed E-state index contributed by atoms with van der Waals surface area (Å²) in [5.74, 6) is -1.19. The summed E-state index contributed by atoms with van der Waals surface area (Å²) in [6, 6.07) is 8.51. The van der Waals surface area contributed by atoms with Gasteiger partial charge < -0.3 is 14.8 Å². The Morgan fingerprint density at radius 1 is 1.17 bits per heavy atom. The molecule has 6 heteroatoms. The minimum atomic E-state index is -0.834. The van der Waals surface area contributed by atoms with Gasteiger partial charge in [-0.2, -0.15) is 0 Å². The Bertz CT molecular complexity index is 740. The zero-order valence-electron chi connectivity index (χ0n) is 13.3. The average molecular weight is 333 g/mol. The number of nitrogens with one attached hydrogen (secondary N) is 1. The van der Waals surface area contributed by atoms with E-state index in [4.69, 9.17) is 9.47 Å². The van der Waals surface area contributed by atoms with Crippen LogP contribution in [0.2, 0.25) is 0 Å². The van der Waals surface area contributed by atoms with Gasteiger partial charge in [-0.25, -0.2) is 8.78 Å². The van der Waals surface area contributed by atoms with Crippen LogP contribution in [0, 0.1) is 11.6 Å². The largest absolute Gasteiger partial charge is 0.493 e. The van der Waals surface area contributed by atoms with Crippen LogP contribution in [-0.4, -0.2) is 19.6 Å². The number of methoxy groups -OCH3 is 1. The van der Waals surface area contributed by atoms with Crippen molar-refractivity contribution in [1.82, 2.24) is 0 Å². The van der Waals surface area contributed by atoms with Gasteiger partial charge in [0.05, 0.1) is 13.7 Å². The highest BCUT2D eigenvalue weighted by Crippen LogP contribution is 2.28. The number of rotatable bonds is 6. The van der Waals surface area contributed by atoms with Crippen LogP contribution in [0.25, 0.3) is 6.08 Å². The van der Waals surface area contributed by atoms with Crippen LogP contribution in [0.4, 0.5) is 14.5 Å². The Morgan fingerprint density at radius 2 is 1.88 bits per heavy atom. The number of para-hydroxylation sites is 1. The molecule has 0 saturated carbocycles. The summed E-state index contributed by atoms with van der Waals surface area (Å²) < 4.78 is 37.6. The van der Waals surface area contributed by atoms with E-state index in [9.17, 15) is 13.6 Å². The predicted octanol–water partition coefficient (Wildman–Crippen LogP) is 4.02. The Morgan fingerprint density at radius 3 is 2.50 bits per heavy atom. The van der Waals surface area contributed by atoms with Crippen LogP contribution in [0.5, 0.6) is 11.5 Å². The highest BCUT2D eigenvalue weighted by Gasteiger charge is 2.10. The number of halogens is 2. The predicted molar refractivity (Wildman–Crippen MR) is 88.2 cm³/mol. The minimum absolute atomic E-state index is 0.476. The van der Waals surface area contributed by atoms with Gasteiger partial charge in [0.15, 0.2) is 11.5 Å². The first-order valence-corrected chi connectivity index (χ1v) is 7.29. The van der Waals surface area contributed by atoms with Crippen molar-refractivity contribution < 1.29 is 23.0 Å². The van der Waals surface area contributed by atoms with Gasteiger partial charge in [0.2, 0.25) is 5.91 Å². The molecule has 0 fully saturated rings. The van der Waals surface area contributed by atoms with Gasteiger partial charge in [-0.1, -0.05) is 12.1 Å². The standard InChI is InChI=1S/C18H17F2NO3/c1-3-24-15-9-7-12(11-16(15)23-2)8-10-17(22)21-18-13(19)5-4-6-14(18)20/h4-11H,3H2,1-2H3,(H,21,22). The molecule has 1 amide bonds. The molecule has 0 unspecified atom stereocenters. The van der Waals surface area contributed by atoms with Gasteiger partial charge in [0.25, 0.3) is 0 Å². The molecule has 0 aliphatic rings. The van der Waals surface area contributed by atoms with Crippen LogP contribution in [-0.2, 0) is 4.79 Å². The fourth-order valence-electron chi connectivity index (χ4n) is 2.02. The van der Waals surface area contributed by atoms with Gasteiger partial charge in [-0.3, -0.25) is 4.79 Å². The summed E-state index contributed by atoms with van der Waals surface area (Å²) in [5, 5.41) is 2.18. The molecule has 0 aromatic heterocycles. The first-order chi connectivity index (χ1) is 11.5. The summed E-state index contributed by atoms with van der Waals surface area (Å²) in [5.41, 5.74) is 0.205. The molecule has 0 radical (unpaired) electrons. The third-order valence-electron chi connectivity index (χ3n) is 3.13. The fourth-order valence-corrected chi connectivity index (χ4v) is 2.02. The van der Waals surface area contributed by atoms with Crippen LogP contribution in [0.3, 0.4) is 0 Å². The van der Waals surface area contributed by atoms with Crippen molar-refractivity contribution in [3.8, 4) is 11.5 Å². The molecule has 1 N–H and O–H groups in total. The number of hydrogen-bond acceptors (Lipinski definition) is 3. The lowest BCUT2D eigenvalue weighted by Crippen LogP contribution is -2.10. The van der Waals surface area contributed by atoms with E-state index in [1.54, 1.807) is 18.2 Å². The number of anilines is 1. The molecule has 0 spiro atoms. The van der Waals surface area contributed by atoms with Crippen molar-refractivity contribution in [3.63, 3.8) is 0 Å². The zero-order chi connectivity index (χ0) is 17.5. The molecular weight excluding hydrogens is 316 g/mol. The van der Waals surface area contributed by atoms with E-state index >= 15 is 0 Å². The quantitative estimate of drug-likeness (QED) is 0.812. The third kappa shape index (κ3) is 4.32. The van der Waals surface area contributed by atoms with Crippen molar-refractivity contribution in [2.75, 3.05) is 19.0 Å². The minimum Gasteiger partial charge on any atom is -0.493 e. The van der Waals surface area contributed by atoms with Gasteiger partial charge in [0.1, 0.15) is 17.3 Å². The summed E-state index contributed by atoms with van der Waals surface area (Å²) in [6.07, 6.45) is 2.69. The van der Waals surface area contributed by atoms with Gasteiger partial charge >= 0.3 is 0 Å². The van der Waals surface area contributed by atoms with Crippen molar-refractivity contribution in [1.29, 1.82) is 0 Å². The number of ether oxygens (including phenoxy) is 2. The summed E-state index contributed by atoms with van der Waals surface area (Å²) in [7, 11) is 1.51. The highest BCUT2D eigenvalue weighted by atomic mass is 19.1. The van der Waals surface area contributed by atoms with Crippen molar-refractivity contribution in [2.24, 2.45) is 0 Å². The second-order valence-electron chi connectivity index (χ2n) is 4.76. The molecule has 126 valence electrons. The molecule has 2 aromatic rings. The molecule has 2 aromatic carbocycles. The molecule has 0 saturated heterocycles. The number of hydrogen-bond donors (Lipinski definition) is 1. The summed E-state index contributed by atoms with van der Waals surface area (Å²) in [4.78, 5) is 11.8. The Hall–Kier alpha value is -2.89. The van der Waals surface area contributed by atoms with Crippen LogP contribution in [0.1, 0.15) is 12.5 Å². The highest BCUT2D eigenvalue weighted by molar-refractivity contribution is 6.02. The Balaban J connectivity index is 2.11. The molecule has 4 nitrogen and oxygen atoms in total. The normalized spacial score (nSPS) is 10.7. The van der Waals surface area contributed by atoms with E-state index < -0.39 is 23.2 Å². The molecule has 0 aliphatic carbocycles. The van der Waals surface area contributed by atoms with Gasteiger partial charge in [-0.15, -0.1) is 0 Å². The molecule has 0 aliphatic heterocycles. The smallest absolute Gasteiger partial charge is 0.248 e. The SMILES string of the molecule is CCOc1ccc(C=CC(=O)Nc2c(F)cccc2F)cc1OC. The lowest BCUT2D eigenvalue weighted by Gasteiger charge is -2.09. The van der Waals surface area contributed by atoms with Crippen LogP contribution >= 0.6 is 0 Å². The molecule has 0 heterocycles. The average Bonchev–Trinajstić information content (AvgIpc) is 2.57. The third-order valence-corrected chi connectivity index (χ3v) is 3.13. The maximum absolute atomic E-state index is 13.5. The number of carbonyl (C=O) groups is 1. The van der Waals surface area contributed by atoms with E-state index in [0.29, 0.717) is 23.7 Å². The molecular formula is C18H17F2NO3. The fraction of sp³-hybridized carbons (Fsp3) is 0.167. The van der Waals surface area contributed by atoms with E-state index in [0.717, 1.165) is 12.1 Å². The zero-order valence-corrected chi connectivity index (χ0v) is 13.3. The van der Waals surface area contributed by atoms with E-state index in [-0.39, 0.29) is 0 Å². The summed E-state index contributed by atoms with van der Waals surface area (Å²) in [6.45, 7) is 2.36. The number of benzene rings is 2. The van der Waals surface area contributed by atoms with Gasteiger partial charge in [-0.05, 0) is 42.8 Å². The van der Waals surface area contributed by atoms with E-state index in [1.165, 1.54) is 25.3 Å². The molecule has 2 rings (SSSR count). The first-order valence-electron chi connectivity index (χ1n) is 7.29. The second kappa shape index (κ2) is 8.10. The second-order valence-corrected chi connectivity index (χ2v) is 4.76. The van der Waals surface area contributed by atoms with E-state index in [1.807, 2.05) is 6.92 Å². The Labute approximate surface area is 138 Å². The summed E-state index contributed by atoms with van der Waals surface area (Å²) >= 11 is 0. The van der Waals surface area contributed by atoms with Crippen molar-refractivity contribution in [3.05, 3.63) is 59.7 Å². The van der Waals surface area contributed by atoms with Gasteiger partial charge in [0, 0.05) is 6.08 Å². The van der Waals surface area contributed by atoms with E-state index in [2.05, 4.69) is 5.32 Å². The van der Waals surface area contributed by atoms with Crippen LogP contribution < -0.4 is 14.8 Å². The lowest BCUT2D eigenvalue weighted by atomic mass is 10.2.